The molecule has 16 heavy (non-hydrogen) atoms. The van der Waals surface area contributed by atoms with E-state index in [0.717, 1.165) is 12.1 Å². The fourth-order valence-corrected chi connectivity index (χ4v) is 2.92. The van der Waals surface area contributed by atoms with Crippen molar-refractivity contribution in [1.82, 2.24) is 15.1 Å². The van der Waals surface area contributed by atoms with E-state index in [1.165, 1.54) is 58.3 Å². The molecule has 2 aliphatic heterocycles. The Morgan fingerprint density at radius 1 is 0.750 bits per heavy atom. The van der Waals surface area contributed by atoms with Crippen LogP contribution in [0, 0.1) is 0 Å². The maximum Gasteiger partial charge on any atom is 0.00940 e. The van der Waals surface area contributed by atoms with Gasteiger partial charge >= 0.3 is 0 Å². The third-order valence-electron chi connectivity index (χ3n) is 4.14. The molecule has 2 fully saturated rings. The van der Waals surface area contributed by atoms with Gasteiger partial charge < -0.3 is 15.1 Å². The summed E-state index contributed by atoms with van der Waals surface area (Å²) in [7, 11) is 4.48. The van der Waals surface area contributed by atoms with Crippen molar-refractivity contribution in [2.45, 2.75) is 44.2 Å². The molecule has 0 aromatic rings. The zero-order chi connectivity index (χ0) is 11.4. The quantitative estimate of drug-likeness (QED) is 0.761. The lowest BCUT2D eigenvalue weighted by Crippen LogP contribution is -2.45. The van der Waals surface area contributed by atoms with Gasteiger partial charge in [-0.1, -0.05) is 0 Å². The fraction of sp³-hybridized carbons (Fsp3) is 1.00. The average Bonchev–Trinajstić information content (AvgIpc) is 2.47. The molecular formula is C13H27N3. The summed E-state index contributed by atoms with van der Waals surface area (Å²) in [5, 5.41) is 3.89. The summed E-state index contributed by atoms with van der Waals surface area (Å²) in [6.45, 7) is 5.09. The topological polar surface area (TPSA) is 18.5 Å². The number of likely N-dealkylation sites (tertiary alicyclic amines) is 2. The Labute approximate surface area is 100 Å². The van der Waals surface area contributed by atoms with Gasteiger partial charge in [-0.15, -0.1) is 0 Å². The third-order valence-corrected chi connectivity index (χ3v) is 4.14. The first-order valence-corrected chi connectivity index (χ1v) is 6.87. The van der Waals surface area contributed by atoms with Gasteiger partial charge in [0.2, 0.25) is 0 Å². The molecule has 0 saturated carbocycles. The van der Waals surface area contributed by atoms with Crippen molar-refractivity contribution in [3.63, 3.8) is 0 Å². The Hall–Kier alpha value is -0.120. The number of hydrogen-bond acceptors (Lipinski definition) is 3. The maximum absolute atomic E-state index is 3.89. The molecule has 0 amide bonds. The van der Waals surface area contributed by atoms with Gasteiger partial charge in [-0.25, -0.2) is 0 Å². The van der Waals surface area contributed by atoms with Crippen LogP contribution in [0.3, 0.4) is 0 Å². The SMILES string of the molecule is CN1CCCC(NC2CCN(C)CC2)CC1. The van der Waals surface area contributed by atoms with Gasteiger partial charge in [-0.3, -0.25) is 0 Å². The average molecular weight is 225 g/mol. The molecule has 0 aliphatic carbocycles. The normalized spacial score (nSPS) is 31.5. The smallest absolute Gasteiger partial charge is 0.00940 e. The highest BCUT2D eigenvalue weighted by molar-refractivity contribution is 4.81. The molecule has 0 aromatic carbocycles. The van der Waals surface area contributed by atoms with Crippen molar-refractivity contribution in [1.29, 1.82) is 0 Å². The number of piperidine rings is 1. The van der Waals surface area contributed by atoms with Crippen molar-refractivity contribution in [3.05, 3.63) is 0 Å². The molecule has 1 atom stereocenters. The summed E-state index contributed by atoms with van der Waals surface area (Å²) < 4.78 is 0. The minimum Gasteiger partial charge on any atom is -0.311 e. The van der Waals surface area contributed by atoms with Crippen LogP contribution >= 0.6 is 0 Å². The van der Waals surface area contributed by atoms with Gasteiger partial charge in [0.25, 0.3) is 0 Å². The van der Waals surface area contributed by atoms with Crippen molar-refractivity contribution >= 4 is 0 Å². The molecule has 0 bridgehead atoms. The summed E-state index contributed by atoms with van der Waals surface area (Å²) in [6.07, 6.45) is 6.74. The standard InChI is InChI=1S/C13H27N3/c1-15-8-3-4-12(5-9-15)14-13-6-10-16(2)11-7-13/h12-14H,3-11H2,1-2H3. The molecule has 0 radical (unpaired) electrons. The Balaban J connectivity index is 1.72. The lowest BCUT2D eigenvalue weighted by atomic mass is 10.0. The third kappa shape index (κ3) is 3.72. The molecule has 2 rings (SSSR count). The molecule has 2 heterocycles. The first-order valence-electron chi connectivity index (χ1n) is 6.87. The molecule has 3 heteroatoms. The van der Waals surface area contributed by atoms with Crippen LogP contribution < -0.4 is 5.32 Å². The Morgan fingerprint density at radius 3 is 1.88 bits per heavy atom. The van der Waals surface area contributed by atoms with Crippen molar-refractivity contribution in [3.8, 4) is 0 Å². The minimum atomic E-state index is 0.776. The molecule has 2 aliphatic rings. The molecule has 0 aromatic heterocycles. The zero-order valence-corrected chi connectivity index (χ0v) is 10.9. The van der Waals surface area contributed by atoms with Crippen LogP contribution in [0.5, 0.6) is 0 Å². The number of nitrogens with one attached hydrogen (secondary N) is 1. The van der Waals surface area contributed by atoms with E-state index in [0.29, 0.717) is 0 Å². The van der Waals surface area contributed by atoms with E-state index < -0.39 is 0 Å². The molecule has 1 unspecified atom stereocenters. The summed E-state index contributed by atoms with van der Waals surface area (Å²) >= 11 is 0. The van der Waals surface area contributed by atoms with E-state index in [2.05, 4.69) is 29.2 Å². The van der Waals surface area contributed by atoms with Gasteiger partial charge in [-0.05, 0) is 72.4 Å². The van der Waals surface area contributed by atoms with E-state index in [9.17, 15) is 0 Å². The van der Waals surface area contributed by atoms with Crippen LogP contribution in [0.1, 0.15) is 32.1 Å². The lowest BCUT2D eigenvalue weighted by Gasteiger charge is -2.32. The van der Waals surface area contributed by atoms with Crippen molar-refractivity contribution in [2.24, 2.45) is 0 Å². The lowest BCUT2D eigenvalue weighted by molar-refractivity contribution is 0.220. The van der Waals surface area contributed by atoms with Crippen LogP contribution in [0.4, 0.5) is 0 Å². The number of rotatable bonds is 2. The minimum absolute atomic E-state index is 0.776. The molecular weight excluding hydrogens is 198 g/mol. The Morgan fingerprint density at radius 2 is 1.25 bits per heavy atom. The summed E-state index contributed by atoms with van der Waals surface area (Å²) in [6, 6.07) is 1.56. The highest BCUT2D eigenvalue weighted by atomic mass is 15.1. The molecule has 2 saturated heterocycles. The van der Waals surface area contributed by atoms with E-state index in [4.69, 9.17) is 0 Å². The fourth-order valence-electron chi connectivity index (χ4n) is 2.92. The van der Waals surface area contributed by atoms with E-state index in [1.807, 2.05) is 0 Å². The number of nitrogens with zero attached hydrogens (tertiary/aromatic N) is 2. The monoisotopic (exact) mass is 225 g/mol. The van der Waals surface area contributed by atoms with Crippen LogP contribution in [-0.2, 0) is 0 Å². The molecule has 1 N–H and O–H groups in total. The highest BCUT2D eigenvalue weighted by Crippen LogP contribution is 2.14. The predicted molar refractivity (Wildman–Crippen MR) is 68.8 cm³/mol. The van der Waals surface area contributed by atoms with Gasteiger partial charge in [0.05, 0.1) is 0 Å². The van der Waals surface area contributed by atoms with Gasteiger partial charge in [0.1, 0.15) is 0 Å². The second-order valence-electron chi connectivity index (χ2n) is 5.68. The van der Waals surface area contributed by atoms with Crippen molar-refractivity contribution in [2.75, 3.05) is 40.3 Å². The molecule has 94 valence electrons. The summed E-state index contributed by atoms with van der Waals surface area (Å²) in [5.74, 6) is 0. The summed E-state index contributed by atoms with van der Waals surface area (Å²) in [5.41, 5.74) is 0. The van der Waals surface area contributed by atoms with E-state index in [-0.39, 0.29) is 0 Å². The maximum atomic E-state index is 3.89. The summed E-state index contributed by atoms with van der Waals surface area (Å²) in [4.78, 5) is 4.91. The Kier molecular flexibility index (Phi) is 4.62. The van der Waals surface area contributed by atoms with E-state index in [1.54, 1.807) is 0 Å². The second kappa shape index (κ2) is 5.99. The van der Waals surface area contributed by atoms with Gasteiger partial charge in [-0.2, -0.15) is 0 Å². The molecule has 3 nitrogen and oxygen atoms in total. The van der Waals surface area contributed by atoms with Crippen molar-refractivity contribution < 1.29 is 0 Å². The van der Waals surface area contributed by atoms with Crippen LogP contribution in [-0.4, -0.2) is 62.2 Å². The first-order chi connectivity index (χ1) is 7.74. The second-order valence-corrected chi connectivity index (χ2v) is 5.68. The van der Waals surface area contributed by atoms with Crippen LogP contribution in [0.2, 0.25) is 0 Å². The largest absolute Gasteiger partial charge is 0.311 e. The van der Waals surface area contributed by atoms with Crippen LogP contribution in [0.15, 0.2) is 0 Å². The zero-order valence-electron chi connectivity index (χ0n) is 10.9. The van der Waals surface area contributed by atoms with Crippen LogP contribution in [0.25, 0.3) is 0 Å². The van der Waals surface area contributed by atoms with Gasteiger partial charge in [0, 0.05) is 12.1 Å². The van der Waals surface area contributed by atoms with Gasteiger partial charge in [0.15, 0.2) is 0 Å². The predicted octanol–water partition coefficient (Wildman–Crippen LogP) is 1.15. The molecule has 0 spiro atoms. The first kappa shape index (κ1) is 12.3. The Bertz CT molecular complexity index is 199. The highest BCUT2D eigenvalue weighted by Gasteiger charge is 2.21. The number of hydrogen-bond donors (Lipinski definition) is 1. The van der Waals surface area contributed by atoms with E-state index >= 15 is 0 Å².